The quantitative estimate of drug-likeness (QED) is 0.782. The van der Waals surface area contributed by atoms with E-state index in [9.17, 15) is 9.90 Å². The molecule has 0 bridgehead atoms. The summed E-state index contributed by atoms with van der Waals surface area (Å²) in [5, 5.41) is 9.92. The number of rotatable bonds is 2. The number of ketones is 1. The molecule has 5 heteroatoms. The second-order valence-electron chi connectivity index (χ2n) is 4.14. The maximum Gasteiger partial charge on any atom is 0.219 e. The molecule has 92 valence electrons. The minimum Gasteiger partial charge on any atom is -0.507 e. The zero-order chi connectivity index (χ0) is 13.3. The van der Waals surface area contributed by atoms with Crippen LogP contribution in [0.3, 0.4) is 0 Å². The Balaban J connectivity index is 2.49. The van der Waals surface area contributed by atoms with Gasteiger partial charge in [0.25, 0.3) is 0 Å². The zero-order valence-electron chi connectivity index (χ0n) is 10.1. The lowest BCUT2D eigenvalue weighted by Gasteiger charge is -2.08. The van der Waals surface area contributed by atoms with Crippen LogP contribution in [0.4, 0.5) is 5.95 Å². The van der Waals surface area contributed by atoms with Gasteiger partial charge in [0, 0.05) is 12.4 Å². The molecule has 0 aliphatic carbocycles. The minimum atomic E-state index is -0.320. The van der Waals surface area contributed by atoms with Gasteiger partial charge in [-0.05, 0) is 31.0 Å². The van der Waals surface area contributed by atoms with Gasteiger partial charge in [-0.1, -0.05) is 6.07 Å². The van der Waals surface area contributed by atoms with Crippen molar-refractivity contribution >= 4 is 11.7 Å². The SMILES string of the molecule is Cc1cc(C)c(O)c(C(=O)c2cnc(N)nc2)c1. The van der Waals surface area contributed by atoms with E-state index in [0.717, 1.165) is 5.56 Å². The molecule has 0 amide bonds. The molecule has 2 aromatic rings. The summed E-state index contributed by atoms with van der Waals surface area (Å²) < 4.78 is 0. The molecule has 0 saturated heterocycles. The van der Waals surface area contributed by atoms with Crippen LogP contribution in [0.5, 0.6) is 5.75 Å². The molecule has 0 aliphatic rings. The van der Waals surface area contributed by atoms with Gasteiger partial charge in [-0.15, -0.1) is 0 Å². The van der Waals surface area contributed by atoms with Crippen molar-refractivity contribution in [3.05, 3.63) is 46.8 Å². The van der Waals surface area contributed by atoms with E-state index in [1.165, 1.54) is 12.4 Å². The van der Waals surface area contributed by atoms with Crippen LogP contribution in [0.15, 0.2) is 24.5 Å². The van der Waals surface area contributed by atoms with Crippen molar-refractivity contribution in [3.8, 4) is 5.75 Å². The number of benzene rings is 1. The largest absolute Gasteiger partial charge is 0.507 e. The standard InChI is InChI=1S/C13H13N3O2/c1-7-3-8(2)11(17)10(4-7)12(18)9-5-15-13(14)16-6-9/h3-6,17H,1-2H3,(H2,14,15,16). The van der Waals surface area contributed by atoms with E-state index >= 15 is 0 Å². The smallest absolute Gasteiger partial charge is 0.219 e. The van der Waals surface area contributed by atoms with E-state index < -0.39 is 0 Å². The lowest BCUT2D eigenvalue weighted by molar-refractivity contribution is 0.103. The molecule has 0 radical (unpaired) electrons. The maximum absolute atomic E-state index is 12.2. The molecule has 1 heterocycles. The normalized spacial score (nSPS) is 10.3. The molecule has 0 spiro atoms. The van der Waals surface area contributed by atoms with Gasteiger partial charge in [0.15, 0.2) is 5.78 Å². The van der Waals surface area contributed by atoms with Gasteiger partial charge >= 0.3 is 0 Å². The molecule has 5 nitrogen and oxygen atoms in total. The Labute approximate surface area is 104 Å². The number of aromatic hydroxyl groups is 1. The van der Waals surface area contributed by atoms with Crippen molar-refractivity contribution < 1.29 is 9.90 Å². The van der Waals surface area contributed by atoms with Gasteiger partial charge in [-0.2, -0.15) is 0 Å². The number of nitrogen functional groups attached to an aromatic ring is 1. The molecule has 18 heavy (non-hydrogen) atoms. The Kier molecular flexibility index (Phi) is 2.97. The highest BCUT2D eigenvalue weighted by molar-refractivity contribution is 6.10. The van der Waals surface area contributed by atoms with Gasteiger partial charge in [0.1, 0.15) is 5.75 Å². The maximum atomic E-state index is 12.2. The summed E-state index contributed by atoms with van der Waals surface area (Å²) in [5.74, 6) is -0.224. The first-order valence-corrected chi connectivity index (χ1v) is 5.41. The Morgan fingerprint density at radius 2 is 1.83 bits per heavy atom. The van der Waals surface area contributed by atoms with Crippen molar-refractivity contribution in [1.82, 2.24) is 9.97 Å². The van der Waals surface area contributed by atoms with Gasteiger partial charge in [-0.3, -0.25) is 4.79 Å². The first kappa shape index (κ1) is 12.0. The van der Waals surface area contributed by atoms with E-state index in [0.29, 0.717) is 11.1 Å². The predicted octanol–water partition coefficient (Wildman–Crippen LogP) is 1.61. The molecular weight excluding hydrogens is 230 g/mol. The number of hydrogen-bond acceptors (Lipinski definition) is 5. The summed E-state index contributed by atoms with van der Waals surface area (Å²) in [4.78, 5) is 19.7. The monoisotopic (exact) mass is 243 g/mol. The average molecular weight is 243 g/mol. The summed E-state index contributed by atoms with van der Waals surface area (Å²) in [6, 6.07) is 3.45. The highest BCUT2D eigenvalue weighted by atomic mass is 16.3. The van der Waals surface area contributed by atoms with E-state index in [2.05, 4.69) is 9.97 Å². The summed E-state index contributed by atoms with van der Waals surface area (Å²) >= 11 is 0. The Bertz CT molecular complexity index is 606. The summed E-state index contributed by atoms with van der Waals surface area (Å²) in [6.45, 7) is 3.61. The lowest BCUT2D eigenvalue weighted by Crippen LogP contribution is -2.05. The Hall–Kier alpha value is -2.43. The number of carbonyl (C=O) groups is 1. The third kappa shape index (κ3) is 2.15. The van der Waals surface area contributed by atoms with E-state index in [-0.39, 0.29) is 23.0 Å². The van der Waals surface area contributed by atoms with Gasteiger partial charge in [0.05, 0.1) is 11.1 Å². The summed E-state index contributed by atoms with van der Waals surface area (Å²) in [7, 11) is 0. The molecule has 0 saturated carbocycles. The van der Waals surface area contributed by atoms with Gasteiger partial charge in [-0.25, -0.2) is 9.97 Å². The zero-order valence-corrected chi connectivity index (χ0v) is 10.1. The van der Waals surface area contributed by atoms with Crippen LogP contribution in [0, 0.1) is 13.8 Å². The highest BCUT2D eigenvalue weighted by Crippen LogP contribution is 2.25. The van der Waals surface area contributed by atoms with Crippen LogP contribution in [0.2, 0.25) is 0 Å². The number of anilines is 1. The minimum absolute atomic E-state index is 0.0116. The highest BCUT2D eigenvalue weighted by Gasteiger charge is 2.16. The molecule has 3 N–H and O–H groups in total. The molecular formula is C13H13N3O2. The fourth-order valence-corrected chi connectivity index (χ4v) is 1.74. The van der Waals surface area contributed by atoms with Crippen molar-refractivity contribution in [2.75, 3.05) is 5.73 Å². The van der Waals surface area contributed by atoms with Crippen LogP contribution in [-0.2, 0) is 0 Å². The number of phenolic OH excluding ortho intramolecular Hbond substituents is 1. The van der Waals surface area contributed by atoms with Crippen molar-refractivity contribution in [2.24, 2.45) is 0 Å². The molecule has 0 aliphatic heterocycles. The number of carbonyl (C=O) groups excluding carboxylic acids is 1. The molecule has 0 unspecified atom stereocenters. The number of phenols is 1. The van der Waals surface area contributed by atoms with E-state index in [1.54, 1.807) is 13.0 Å². The van der Waals surface area contributed by atoms with Gasteiger partial charge in [0.2, 0.25) is 5.95 Å². The van der Waals surface area contributed by atoms with Crippen molar-refractivity contribution in [2.45, 2.75) is 13.8 Å². The molecule has 1 aromatic carbocycles. The van der Waals surface area contributed by atoms with Crippen LogP contribution in [-0.4, -0.2) is 20.9 Å². The molecule has 1 aromatic heterocycles. The lowest BCUT2D eigenvalue weighted by atomic mass is 9.99. The molecule has 0 fully saturated rings. The molecule has 2 rings (SSSR count). The first-order chi connectivity index (χ1) is 8.49. The van der Waals surface area contributed by atoms with Crippen LogP contribution >= 0.6 is 0 Å². The number of nitrogens with two attached hydrogens (primary N) is 1. The summed E-state index contributed by atoms with van der Waals surface area (Å²) in [6.07, 6.45) is 2.70. The van der Waals surface area contributed by atoms with Crippen LogP contribution in [0.25, 0.3) is 0 Å². The predicted molar refractivity (Wildman–Crippen MR) is 67.5 cm³/mol. The first-order valence-electron chi connectivity index (χ1n) is 5.41. The number of aryl methyl sites for hydroxylation is 2. The van der Waals surface area contributed by atoms with Crippen molar-refractivity contribution in [3.63, 3.8) is 0 Å². The average Bonchev–Trinajstić information content (AvgIpc) is 2.34. The number of aromatic nitrogens is 2. The fraction of sp³-hybridized carbons (Fsp3) is 0.154. The van der Waals surface area contributed by atoms with E-state index in [1.807, 2.05) is 13.0 Å². The fourth-order valence-electron chi connectivity index (χ4n) is 1.74. The number of hydrogen-bond donors (Lipinski definition) is 2. The van der Waals surface area contributed by atoms with Gasteiger partial charge < -0.3 is 10.8 Å². The third-order valence-electron chi connectivity index (χ3n) is 2.62. The second kappa shape index (κ2) is 4.44. The van der Waals surface area contributed by atoms with Crippen LogP contribution in [0.1, 0.15) is 27.0 Å². The number of nitrogens with zero attached hydrogens (tertiary/aromatic N) is 2. The van der Waals surface area contributed by atoms with Crippen molar-refractivity contribution in [1.29, 1.82) is 0 Å². The second-order valence-corrected chi connectivity index (χ2v) is 4.14. The van der Waals surface area contributed by atoms with E-state index in [4.69, 9.17) is 5.73 Å². The van der Waals surface area contributed by atoms with Crippen LogP contribution < -0.4 is 5.73 Å². The Morgan fingerprint density at radius 3 is 2.44 bits per heavy atom. The third-order valence-corrected chi connectivity index (χ3v) is 2.62. The molecule has 0 atom stereocenters. The Morgan fingerprint density at radius 1 is 1.22 bits per heavy atom. The topological polar surface area (TPSA) is 89.1 Å². The summed E-state index contributed by atoms with van der Waals surface area (Å²) in [5.41, 5.74) is 7.48.